The minimum atomic E-state index is 0.0603. The summed E-state index contributed by atoms with van der Waals surface area (Å²) in [4.78, 5) is 14.1. The number of carbonyl (C=O) groups is 1. The van der Waals surface area contributed by atoms with E-state index < -0.39 is 0 Å². The van der Waals surface area contributed by atoms with Gasteiger partial charge in [-0.25, -0.2) is 0 Å². The molecule has 0 saturated carbocycles. The smallest absolute Gasteiger partial charge is 0.225 e. The first-order valence-electron chi connectivity index (χ1n) is 6.11. The third-order valence-electron chi connectivity index (χ3n) is 3.02. The van der Waals surface area contributed by atoms with Gasteiger partial charge in [0.2, 0.25) is 5.91 Å². The maximum absolute atomic E-state index is 11.9. The molecule has 1 heterocycles. The van der Waals surface area contributed by atoms with Gasteiger partial charge >= 0.3 is 0 Å². The van der Waals surface area contributed by atoms with Gasteiger partial charge in [-0.05, 0) is 31.3 Å². The molecule has 1 aromatic carbocycles. The number of hydrogen-bond acceptors (Lipinski definition) is 3. The van der Waals surface area contributed by atoms with E-state index in [1.165, 1.54) is 0 Å². The zero-order valence-electron chi connectivity index (χ0n) is 10.4. The quantitative estimate of drug-likeness (QED) is 0.892. The fourth-order valence-corrected chi connectivity index (χ4v) is 2.36. The third-order valence-corrected chi connectivity index (χ3v) is 3.55. The van der Waals surface area contributed by atoms with Crippen LogP contribution in [-0.4, -0.2) is 43.5 Å². The van der Waals surface area contributed by atoms with Crippen LogP contribution in [0.5, 0.6) is 0 Å². The summed E-state index contributed by atoms with van der Waals surface area (Å²) in [5, 5.41) is 6.28. The largest absolute Gasteiger partial charge is 0.326 e. The average Bonchev–Trinajstić information content (AvgIpc) is 2.32. The van der Waals surface area contributed by atoms with E-state index in [9.17, 15) is 4.79 Å². The molecule has 98 valence electrons. The van der Waals surface area contributed by atoms with Crippen molar-refractivity contribution in [3.8, 4) is 0 Å². The monoisotopic (exact) mass is 311 g/mol. The zero-order valence-corrected chi connectivity index (χ0v) is 12.0. The molecule has 0 spiro atoms. The molecule has 0 bridgehead atoms. The van der Waals surface area contributed by atoms with Crippen molar-refractivity contribution in [3.05, 3.63) is 28.7 Å². The Kier molecular flexibility index (Phi) is 4.74. The van der Waals surface area contributed by atoms with Gasteiger partial charge in [-0.2, -0.15) is 0 Å². The first kappa shape index (κ1) is 13.5. The molecule has 1 aliphatic heterocycles. The maximum atomic E-state index is 11.9. The summed E-state index contributed by atoms with van der Waals surface area (Å²) < 4.78 is 1.01. The Morgan fingerprint density at radius 3 is 2.89 bits per heavy atom. The first-order valence-corrected chi connectivity index (χ1v) is 6.90. The normalized spacial score (nSPS) is 20.7. The molecule has 1 fully saturated rings. The topological polar surface area (TPSA) is 44.4 Å². The fourth-order valence-electron chi connectivity index (χ4n) is 2.10. The Morgan fingerprint density at radius 1 is 1.50 bits per heavy atom. The Labute approximate surface area is 116 Å². The van der Waals surface area contributed by atoms with Crippen LogP contribution in [0.25, 0.3) is 0 Å². The number of likely N-dealkylation sites (N-methyl/N-ethyl adjacent to an activating group) is 1. The second kappa shape index (κ2) is 6.31. The number of carbonyl (C=O) groups excluding carboxylic acids is 1. The molecule has 1 aliphatic rings. The lowest BCUT2D eigenvalue weighted by Gasteiger charge is -2.30. The van der Waals surface area contributed by atoms with Gasteiger partial charge in [-0.3, -0.25) is 4.79 Å². The third kappa shape index (κ3) is 4.08. The van der Waals surface area contributed by atoms with Gasteiger partial charge in [-0.15, -0.1) is 0 Å². The molecule has 1 amide bonds. The van der Waals surface area contributed by atoms with E-state index in [0.29, 0.717) is 6.42 Å². The maximum Gasteiger partial charge on any atom is 0.225 e. The van der Waals surface area contributed by atoms with Crippen molar-refractivity contribution in [1.29, 1.82) is 0 Å². The summed E-state index contributed by atoms with van der Waals surface area (Å²) in [5.74, 6) is 0.0603. The molecular weight excluding hydrogens is 294 g/mol. The second-order valence-corrected chi connectivity index (χ2v) is 5.59. The highest BCUT2D eigenvalue weighted by Gasteiger charge is 2.19. The van der Waals surface area contributed by atoms with Crippen molar-refractivity contribution in [2.75, 3.05) is 32.0 Å². The first-order chi connectivity index (χ1) is 8.63. The van der Waals surface area contributed by atoms with Gasteiger partial charge in [0.15, 0.2) is 0 Å². The van der Waals surface area contributed by atoms with E-state index in [1.807, 2.05) is 24.3 Å². The summed E-state index contributed by atoms with van der Waals surface area (Å²) in [5.41, 5.74) is 0.840. The number of amides is 1. The summed E-state index contributed by atoms with van der Waals surface area (Å²) >= 11 is 3.37. The molecule has 0 aromatic heterocycles. The lowest BCUT2D eigenvalue weighted by molar-refractivity contribution is -0.116. The standard InChI is InChI=1S/C13H18BrN3O/c1-17-7-6-15-12(9-17)8-13(18)16-11-4-2-10(14)3-5-11/h2-5,12,15H,6-9H2,1H3,(H,16,18). The van der Waals surface area contributed by atoms with Gasteiger partial charge in [0.1, 0.15) is 0 Å². The van der Waals surface area contributed by atoms with E-state index in [4.69, 9.17) is 0 Å². The minimum absolute atomic E-state index is 0.0603. The molecule has 2 rings (SSSR count). The SMILES string of the molecule is CN1CCNC(CC(=O)Nc2ccc(Br)cc2)C1. The predicted molar refractivity (Wildman–Crippen MR) is 76.7 cm³/mol. The van der Waals surface area contributed by atoms with Crippen molar-refractivity contribution in [2.24, 2.45) is 0 Å². The number of anilines is 1. The molecule has 1 atom stereocenters. The molecule has 1 unspecified atom stereocenters. The van der Waals surface area contributed by atoms with Gasteiger partial charge in [0.25, 0.3) is 0 Å². The summed E-state index contributed by atoms with van der Waals surface area (Å²) in [6.45, 7) is 2.92. The summed E-state index contributed by atoms with van der Waals surface area (Å²) in [7, 11) is 2.08. The van der Waals surface area contributed by atoms with Crippen molar-refractivity contribution in [3.63, 3.8) is 0 Å². The van der Waals surface area contributed by atoms with E-state index >= 15 is 0 Å². The van der Waals surface area contributed by atoms with Crippen LogP contribution >= 0.6 is 15.9 Å². The molecule has 2 N–H and O–H groups in total. The van der Waals surface area contributed by atoms with E-state index in [0.717, 1.165) is 29.8 Å². The van der Waals surface area contributed by atoms with Crippen LogP contribution in [0.15, 0.2) is 28.7 Å². The zero-order chi connectivity index (χ0) is 13.0. The summed E-state index contributed by atoms with van der Waals surface area (Å²) in [6.07, 6.45) is 0.514. The summed E-state index contributed by atoms with van der Waals surface area (Å²) in [6, 6.07) is 7.87. The number of nitrogens with zero attached hydrogens (tertiary/aromatic N) is 1. The van der Waals surface area contributed by atoms with Crippen molar-refractivity contribution in [2.45, 2.75) is 12.5 Å². The van der Waals surface area contributed by atoms with Gasteiger partial charge < -0.3 is 15.5 Å². The van der Waals surface area contributed by atoms with E-state index in [1.54, 1.807) is 0 Å². The number of piperazine rings is 1. The van der Waals surface area contributed by atoms with Crippen molar-refractivity contribution >= 4 is 27.5 Å². The van der Waals surface area contributed by atoms with Gasteiger partial charge in [-0.1, -0.05) is 15.9 Å². The molecule has 5 heteroatoms. The van der Waals surface area contributed by atoms with Crippen LogP contribution < -0.4 is 10.6 Å². The lowest BCUT2D eigenvalue weighted by atomic mass is 10.1. The Balaban J connectivity index is 1.83. The van der Waals surface area contributed by atoms with E-state index in [2.05, 4.69) is 38.5 Å². The highest BCUT2D eigenvalue weighted by molar-refractivity contribution is 9.10. The molecule has 0 radical (unpaired) electrons. The van der Waals surface area contributed by atoms with Crippen LogP contribution in [0.3, 0.4) is 0 Å². The molecule has 18 heavy (non-hydrogen) atoms. The number of hydrogen-bond donors (Lipinski definition) is 2. The molecule has 1 saturated heterocycles. The van der Waals surface area contributed by atoms with Crippen LogP contribution in [0, 0.1) is 0 Å². The lowest BCUT2D eigenvalue weighted by Crippen LogP contribution is -2.50. The minimum Gasteiger partial charge on any atom is -0.326 e. The van der Waals surface area contributed by atoms with Crippen LogP contribution in [0.2, 0.25) is 0 Å². The average molecular weight is 312 g/mol. The highest BCUT2D eigenvalue weighted by Crippen LogP contribution is 2.14. The Hall–Kier alpha value is -0.910. The highest BCUT2D eigenvalue weighted by atomic mass is 79.9. The number of nitrogens with one attached hydrogen (secondary N) is 2. The second-order valence-electron chi connectivity index (χ2n) is 4.67. The molecule has 0 aliphatic carbocycles. The van der Waals surface area contributed by atoms with Crippen LogP contribution in [0.4, 0.5) is 5.69 Å². The number of halogens is 1. The van der Waals surface area contributed by atoms with Gasteiger partial charge in [0, 0.05) is 42.3 Å². The van der Waals surface area contributed by atoms with Crippen molar-refractivity contribution in [1.82, 2.24) is 10.2 Å². The number of benzene rings is 1. The molecule has 4 nitrogen and oxygen atoms in total. The predicted octanol–water partition coefficient (Wildman–Crippen LogP) is 1.68. The number of rotatable bonds is 3. The fraction of sp³-hybridized carbons (Fsp3) is 0.462. The Morgan fingerprint density at radius 2 is 2.22 bits per heavy atom. The van der Waals surface area contributed by atoms with Crippen LogP contribution in [0.1, 0.15) is 6.42 Å². The molecule has 1 aromatic rings. The van der Waals surface area contributed by atoms with E-state index in [-0.39, 0.29) is 11.9 Å². The van der Waals surface area contributed by atoms with Crippen LogP contribution in [-0.2, 0) is 4.79 Å². The Bertz CT molecular complexity index is 407. The molecular formula is C13H18BrN3O. The van der Waals surface area contributed by atoms with Gasteiger partial charge in [0.05, 0.1) is 0 Å². The van der Waals surface area contributed by atoms with Crippen molar-refractivity contribution < 1.29 is 4.79 Å².